The Morgan fingerprint density at radius 3 is 2.85 bits per heavy atom. The van der Waals surface area contributed by atoms with Crippen LogP contribution < -0.4 is 0 Å². The van der Waals surface area contributed by atoms with Crippen molar-refractivity contribution in [3.63, 3.8) is 0 Å². The SMILES string of the molecule is CC(C)C1CCSc2ccccc21. The topological polar surface area (TPSA) is 0 Å². The monoisotopic (exact) mass is 192 g/mol. The Labute approximate surface area is 84.7 Å². The number of fused-ring (bicyclic) bond motifs is 1. The molecule has 1 atom stereocenters. The second-order valence-electron chi connectivity index (χ2n) is 4.03. The maximum absolute atomic E-state index is 2.33. The molecule has 0 aromatic heterocycles. The van der Waals surface area contributed by atoms with Gasteiger partial charge in [0.1, 0.15) is 0 Å². The molecule has 1 unspecified atom stereocenters. The third kappa shape index (κ3) is 1.76. The fraction of sp³-hybridized carbons (Fsp3) is 0.500. The Kier molecular flexibility index (Phi) is 2.63. The van der Waals surface area contributed by atoms with Crippen LogP contribution >= 0.6 is 11.8 Å². The third-order valence-corrected chi connectivity index (χ3v) is 3.93. The van der Waals surface area contributed by atoms with Crippen LogP contribution in [0.1, 0.15) is 31.7 Å². The predicted molar refractivity (Wildman–Crippen MR) is 59.4 cm³/mol. The predicted octanol–water partition coefficient (Wildman–Crippen LogP) is 3.92. The molecule has 0 saturated carbocycles. The highest BCUT2D eigenvalue weighted by Crippen LogP contribution is 2.40. The first-order chi connectivity index (χ1) is 6.29. The molecule has 0 fully saturated rings. The molecule has 0 N–H and O–H groups in total. The number of benzene rings is 1. The Balaban J connectivity index is 2.37. The average molecular weight is 192 g/mol. The van der Waals surface area contributed by atoms with Gasteiger partial charge in [-0.15, -0.1) is 11.8 Å². The lowest BCUT2D eigenvalue weighted by molar-refractivity contribution is 0.477. The summed E-state index contributed by atoms with van der Waals surface area (Å²) in [4.78, 5) is 1.51. The number of hydrogen-bond donors (Lipinski definition) is 0. The summed E-state index contributed by atoms with van der Waals surface area (Å²) in [6.45, 7) is 4.66. The molecule has 0 radical (unpaired) electrons. The van der Waals surface area contributed by atoms with Gasteiger partial charge in [-0.2, -0.15) is 0 Å². The van der Waals surface area contributed by atoms with Crippen molar-refractivity contribution in [3.8, 4) is 0 Å². The van der Waals surface area contributed by atoms with Crippen molar-refractivity contribution in [3.05, 3.63) is 29.8 Å². The molecule has 1 aliphatic rings. The highest BCUT2D eigenvalue weighted by Gasteiger charge is 2.22. The van der Waals surface area contributed by atoms with Crippen molar-refractivity contribution in [2.24, 2.45) is 5.92 Å². The molecule has 0 spiro atoms. The highest BCUT2D eigenvalue weighted by molar-refractivity contribution is 7.99. The van der Waals surface area contributed by atoms with Crippen LogP contribution in [0.5, 0.6) is 0 Å². The number of rotatable bonds is 1. The fourth-order valence-corrected chi connectivity index (χ4v) is 3.21. The van der Waals surface area contributed by atoms with Gasteiger partial charge in [-0.05, 0) is 35.6 Å². The quantitative estimate of drug-likeness (QED) is 0.650. The van der Waals surface area contributed by atoms with E-state index in [0.717, 1.165) is 11.8 Å². The van der Waals surface area contributed by atoms with Gasteiger partial charge in [-0.25, -0.2) is 0 Å². The summed E-state index contributed by atoms with van der Waals surface area (Å²) in [6, 6.07) is 8.87. The van der Waals surface area contributed by atoms with Crippen LogP contribution in [-0.4, -0.2) is 5.75 Å². The summed E-state index contributed by atoms with van der Waals surface area (Å²) in [6.07, 6.45) is 1.35. The number of hydrogen-bond acceptors (Lipinski definition) is 1. The molecule has 70 valence electrons. The van der Waals surface area contributed by atoms with E-state index < -0.39 is 0 Å². The van der Waals surface area contributed by atoms with Gasteiger partial charge in [-0.1, -0.05) is 32.0 Å². The largest absolute Gasteiger partial charge is 0.126 e. The molecular formula is C12H16S. The van der Waals surface area contributed by atoms with Crippen molar-refractivity contribution < 1.29 is 0 Å². The summed E-state index contributed by atoms with van der Waals surface area (Å²) < 4.78 is 0. The second kappa shape index (κ2) is 3.75. The van der Waals surface area contributed by atoms with Crippen LogP contribution in [0.3, 0.4) is 0 Å². The first-order valence-electron chi connectivity index (χ1n) is 5.01. The van der Waals surface area contributed by atoms with Gasteiger partial charge in [0.2, 0.25) is 0 Å². The van der Waals surface area contributed by atoms with Gasteiger partial charge in [0.05, 0.1) is 0 Å². The Morgan fingerprint density at radius 2 is 2.08 bits per heavy atom. The van der Waals surface area contributed by atoms with E-state index in [1.165, 1.54) is 17.1 Å². The lowest BCUT2D eigenvalue weighted by Gasteiger charge is -2.27. The summed E-state index contributed by atoms with van der Waals surface area (Å²) in [5, 5.41) is 0. The van der Waals surface area contributed by atoms with Crippen LogP contribution in [0.2, 0.25) is 0 Å². The molecule has 0 bridgehead atoms. The maximum Gasteiger partial charge on any atom is 0.0107 e. The standard InChI is InChI=1S/C12H16S/c1-9(2)10-7-8-13-12-6-4-3-5-11(10)12/h3-6,9-10H,7-8H2,1-2H3. The first-order valence-corrected chi connectivity index (χ1v) is 5.99. The van der Waals surface area contributed by atoms with Gasteiger partial charge in [0.15, 0.2) is 0 Å². The summed E-state index contributed by atoms with van der Waals surface area (Å²) in [5.41, 5.74) is 1.58. The van der Waals surface area contributed by atoms with Crippen LogP contribution in [0, 0.1) is 5.92 Å². The summed E-state index contributed by atoms with van der Waals surface area (Å²) in [7, 11) is 0. The molecule has 1 aliphatic heterocycles. The summed E-state index contributed by atoms with van der Waals surface area (Å²) in [5.74, 6) is 2.86. The van der Waals surface area contributed by atoms with Crippen molar-refractivity contribution in [2.75, 3.05) is 5.75 Å². The smallest absolute Gasteiger partial charge is 0.0107 e. The molecule has 1 heterocycles. The van der Waals surface area contributed by atoms with Crippen LogP contribution in [0.4, 0.5) is 0 Å². The van der Waals surface area contributed by atoms with E-state index in [-0.39, 0.29) is 0 Å². The van der Waals surface area contributed by atoms with E-state index in [1.807, 2.05) is 11.8 Å². The Morgan fingerprint density at radius 1 is 1.31 bits per heavy atom. The zero-order chi connectivity index (χ0) is 9.26. The van der Waals surface area contributed by atoms with E-state index in [2.05, 4.69) is 38.1 Å². The zero-order valence-corrected chi connectivity index (χ0v) is 9.10. The van der Waals surface area contributed by atoms with E-state index in [9.17, 15) is 0 Å². The summed E-state index contributed by atoms with van der Waals surface area (Å²) >= 11 is 2.01. The van der Waals surface area contributed by atoms with Gasteiger partial charge >= 0.3 is 0 Å². The Bertz CT molecular complexity index is 291. The van der Waals surface area contributed by atoms with E-state index >= 15 is 0 Å². The third-order valence-electron chi connectivity index (χ3n) is 2.81. The minimum atomic E-state index is 0.780. The van der Waals surface area contributed by atoms with Crippen molar-refractivity contribution in [1.82, 2.24) is 0 Å². The van der Waals surface area contributed by atoms with Gasteiger partial charge in [-0.3, -0.25) is 0 Å². The molecule has 0 amide bonds. The van der Waals surface area contributed by atoms with Crippen molar-refractivity contribution >= 4 is 11.8 Å². The molecule has 1 aromatic carbocycles. The van der Waals surface area contributed by atoms with Gasteiger partial charge in [0, 0.05) is 4.90 Å². The molecule has 2 rings (SSSR count). The molecule has 0 nitrogen and oxygen atoms in total. The van der Waals surface area contributed by atoms with E-state index in [4.69, 9.17) is 0 Å². The van der Waals surface area contributed by atoms with E-state index in [0.29, 0.717) is 0 Å². The fourth-order valence-electron chi connectivity index (χ4n) is 2.06. The van der Waals surface area contributed by atoms with Crippen molar-refractivity contribution in [2.45, 2.75) is 31.1 Å². The van der Waals surface area contributed by atoms with Gasteiger partial charge in [0.25, 0.3) is 0 Å². The second-order valence-corrected chi connectivity index (χ2v) is 5.16. The molecule has 0 saturated heterocycles. The maximum atomic E-state index is 2.33. The Hall–Kier alpha value is -0.430. The van der Waals surface area contributed by atoms with Crippen LogP contribution in [0.25, 0.3) is 0 Å². The molecule has 1 heteroatoms. The average Bonchev–Trinajstić information content (AvgIpc) is 2.17. The first kappa shape index (κ1) is 9.14. The molecule has 0 aliphatic carbocycles. The van der Waals surface area contributed by atoms with Crippen LogP contribution in [0.15, 0.2) is 29.2 Å². The van der Waals surface area contributed by atoms with E-state index in [1.54, 1.807) is 5.56 Å². The lowest BCUT2D eigenvalue weighted by Crippen LogP contribution is -2.12. The minimum Gasteiger partial charge on any atom is -0.126 e. The van der Waals surface area contributed by atoms with Crippen molar-refractivity contribution in [1.29, 1.82) is 0 Å². The van der Waals surface area contributed by atoms with Crippen LogP contribution in [-0.2, 0) is 0 Å². The lowest BCUT2D eigenvalue weighted by atomic mass is 9.86. The number of thioether (sulfide) groups is 1. The van der Waals surface area contributed by atoms with Gasteiger partial charge < -0.3 is 0 Å². The highest BCUT2D eigenvalue weighted by atomic mass is 32.2. The molecular weight excluding hydrogens is 176 g/mol. The molecule has 13 heavy (non-hydrogen) atoms. The zero-order valence-electron chi connectivity index (χ0n) is 8.29. The normalized spacial score (nSPS) is 21.6. The minimum absolute atomic E-state index is 0.780. The molecule has 1 aromatic rings.